The fraction of sp³-hybridized carbons (Fsp3) is 0.783. The first kappa shape index (κ1) is 34.4. The van der Waals surface area contributed by atoms with Crippen LogP contribution in [0.2, 0.25) is 0 Å². The van der Waals surface area contributed by atoms with E-state index in [2.05, 4.69) is 20.9 Å². The number of nitrogens with one attached hydrogen (secondary N) is 3. The van der Waals surface area contributed by atoms with Gasteiger partial charge in [-0.2, -0.15) is 11.8 Å². The maximum Gasteiger partial charge on any atom is 0.326 e. The van der Waals surface area contributed by atoms with Gasteiger partial charge in [0.2, 0.25) is 17.7 Å². The minimum absolute atomic E-state index is 0.102. The van der Waals surface area contributed by atoms with E-state index in [1.807, 2.05) is 13.2 Å². The molecule has 5 atom stereocenters. The van der Waals surface area contributed by atoms with Gasteiger partial charge < -0.3 is 44.0 Å². The zero-order valence-corrected chi connectivity index (χ0v) is 23.0. The van der Waals surface area contributed by atoms with E-state index < -0.39 is 47.9 Å². The van der Waals surface area contributed by atoms with Gasteiger partial charge in [0, 0.05) is 6.54 Å². The van der Waals surface area contributed by atoms with Crippen molar-refractivity contribution in [2.75, 3.05) is 25.1 Å². The SMILES string of the molecule is CCC(C)C(NC(=O)C(CCCCN)NC(=O)C(N)CCSC)C(=O)NC(CCCN=C(N)N)C(=O)O. The molecule has 0 bridgehead atoms. The standard InChI is InChI=1S/C23H46N8O5S/c1-4-14(2)18(21(34)30-17(22(35)36)9-7-12-28-23(26)27)31-20(33)16(8-5-6-11-24)29-19(32)15(25)10-13-37-3/h14-18H,4-13,24-25H2,1-3H3,(H,29,32)(H,30,34)(H,31,33)(H,35,36)(H4,26,27,28). The van der Waals surface area contributed by atoms with Crippen molar-refractivity contribution in [2.24, 2.45) is 33.8 Å². The summed E-state index contributed by atoms with van der Waals surface area (Å²) in [6.07, 6.45) is 4.92. The first-order chi connectivity index (χ1) is 17.5. The molecule has 13 nitrogen and oxygen atoms in total. The molecule has 0 saturated heterocycles. The predicted octanol–water partition coefficient (Wildman–Crippen LogP) is -1.17. The van der Waals surface area contributed by atoms with E-state index in [1.54, 1.807) is 18.7 Å². The Morgan fingerprint density at radius 3 is 2.08 bits per heavy atom. The molecule has 12 N–H and O–H groups in total. The number of aliphatic carboxylic acids is 1. The number of hydrogen-bond acceptors (Lipinski definition) is 8. The number of carboxylic acids is 1. The van der Waals surface area contributed by atoms with Crippen molar-refractivity contribution in [1.29, 1.82) is 0 Å². The summed E-state index contributed by atoms with van der Waals surface area (Å²) in [5, 5.41) is 17.5. The molecule has 214 valence electrons. The lowest BCUT2D eigenvalue weighted by molar-refractivity contribution is -0.143. The molecule has 0 aliphatic carbocycles. The number of thioether (sulfide) groups is 1. The van der Waals surface area contributed by atoms with Gasteiger partial charge in [0.15, 0.2) is 5.96 Å². The van der Waals surface area contributed by atoms with E-state index in [1.165, 1.54) is 0 Å². The van der Waals surface area contributed by atoms with Gasteiger partial charge in [-0.25, -0.2) is 4.79 Å². The van der Waals surface area contributed by atoms with E-state index in [0.717, 1.165) is 0 Å². The summed E-state index contributed by atoms with van der Waals surface area (Å²) in [5.74, 6) is -2.52. The number of amides is 3. The van der Waals surface area contributed by atoms with E-state index in [0.29, 0.717) is 50.8 Å². The summed E-state index contributed by atoms with van der Waals surface area (Å²) in [6.45, 7) is 4.29. The number of aliphatic imine (C=N–C) groups is 1. The number of hydrogen-bond donors (Lipinski definition) is 8. The second-order valence-corrected chi connectivity index (χ2v) is 9.94. The summed E-state index contributed by atoms with van der Waals surface area (Å²) in [6, 6.07) is -3.86. The molecule has 0 aromatic rings. The molecule has 37 heavy (non-hydrogen) atoms. The fourth-order valence-electron chi connectivity index (χ4n) is 3.39. The Hall–Kier alpha value is -2.58. The van der Waals surface area contributed by atoms with Gasteiger partial charge in [0.05, 0.1) is 6.04 Å². The predicted molar refractivity (Wildman–Crippen MR) is 147 cm³/mol. The molecule has 0 fully saturated rings. The van der Waals surface area contributed by atoms with Gasteiger partial charge in [-0.05, 0) is 63.0 Å². The average molecular weight is 547 g/mol. The van der Waals surface area contributed by atoms with Crippen LogP contribution < -0.4 is 38.9 Å². The number of nitrogens with zero attached hydrogens (tertiary/aromatic N) is 1. The molecule has 0 spiro atoms. The molecular weight excluding hydrogens is 500 g/mol. The molecule has 0 aliphatic heterocycles. The van der Waals surface area contributed by atoms with Crippen LogP contribution in [0.25, 0.3) is 0 Å². The normalized spacial score (nSPS) is 14.9. The highest BCUT2D eigenvalue weighted by molar-refractivity contribution is 7.98. The Morgan fingerprint density at radius 2 is 1.54 bits per heavy atom. The number of carbonyl (C=O) groups excluding carboxylic acids is 3. The minimum Gasteiger partial charge on any atom is -0.480 e. The third kappa shape index (κ3) is 14.7. The summed E-state index contributed by atoms with van der Waals surface area (Å²) >= 11 is 1.56. The van der Waals surface area contributed by atoms with Gasteiger partial charge in [-0.1, -0.05) is 20.3 Å². The smallest absolute Gasteiger partial charge is 0.326 e. The lowest BCUT2D eigenvalue weighted by atomic mass is 9.96. The lowest BCUT2D eigenvalue weighted by Crippen LogP contribution is -2.58. The van der Waals surface area contributed by atoms with Crippen LogP contribution in [0.5, 0.6) is 0 Å². The number of guanidine groups is 1. The van der Waals surface area contributed by atoms with Crippen molar-refractivity contribution in [2.45, 2.75) is 83.0 Å². The van der Waals surface area contributed by atoms with Crippen molar-refractivity contribution in [3.05, 3.63) is 0 Å². The summed E-state index contributed by atoms with van der Waals surface area (Å²) in [4.78, 5) is 54.4. The highest BCUT2D eigenvalue weighted by Gasteiger charge is 2.32. The summed E-state index contributed by atoms with van der Waals surface area (Å²) in [7, 11) is 0. The van der Waals surface area contributed by atoms with Gasteiger partial charge in [0.1, 0.15) is 18.1 Å². The Labute approximate surface area is 223 Å². The number of unbranched alkanes of at least 4 members (excludes halogenated alkanes) is 1. The molecule has 0 radical (unpaired) electrons. The van der Waals surface area contributed by atoms with E-state index in [4.69, 9.17) is 22.9 Å². The maximum atomic E-state index is 13.2. The highest BCUT2D eigenvalue weighted by atomic mass is 32.2. The third-order valence-electron chi connectivity index (χ3n) is 5.90. The topological polar surface area (TPSA) is 241 Å². The first-order valence-corrected chi connectivity index (χ1v) is 14.0. The minimum atomic E-state index is -1.21. The van der Waals surface area contributed by atoms with Crippen LogP contribution in [-0.2, 0) is 19.2 Å². The average Bonchev–Trinajstić information content (AvgIpc) is 2.85. The highest BCUT2D eigenvalue weighted by Crippen LogP contribution is 2.11. The van der Waals surface area contributed by atoms with Crippen LogP contribution in [0.1, 0.15) is 58.8 Å². The maximum absolute atomic E-state index is 13.2. The van der Waals surface area contributed by atoms with Gasteiger partial charge in [-0.3, -0.25) is 19.4 Å². The molecule has 0 aliphatic rings. The number of nitrogens with two attached hydrogens (primary N) is 4. The van der Waals surface area contributed by atoms with Crippen molar-refractivity contribution < 1.29 is 24.3 Å². The Kier molecular flexibility index (Phi) is 18.2. The van der Waals surface area contributed by atoms with Gasteiger partial charge in [-0.15, -0.1) is 0 Å². The van der Waals surface area contributed by atoms with Crippen LogP contribution in [0.3, 0.4) is 0 Å². The monoisotopic (exact) mass is 546 g/mol. The number of rotatable bonds is 20. The second-order valence-electron chi connectivity index (χ2n) is 8.95. The molecule has 0 aromatic heterocycles. The summed E-state index contributed by atoms with van der Waals surface area (Å²) in [5.41, 5.74) is 22.1. The second kappa shape index (κ2) is 19.5. The Morgan fingerprint density at radius 1 is 0.919 bits per heavy atom. The van der Waals surface area contributed by atoms with Gasteiger partial charge in [0.25, 0.3) is 0 Å². The lowest BCUT2D eigenvalue weighted by Gasteiger charge is -2.28. The number of carbonyl (C=O) groups is 4. The molecule has 0 aromatic carbocycles. The molecule has 0 saturated carbocycles. The van der Waals surface area contributed by atoms with E-state index in [-0.39, 0.29) is 24.8 Å². The van der Waals surface area contributed by atoms with Crippen molar-refractivity contribution >= 4 is 41.4 Å². The molecule has 5 unspecified atom stereocenters. The first-order valence-electron chi connectivity index (χ1n) is 12.6. The zero-order valence-electron chi connectivity index (χ0n) is 22.2. The van der Waals surface area contributed by atoms with Crippen LogP contribution in [0, 0.1) is 5.92 Å². The van der Waals surface area contributed by atoms with E-state index in [9.17, 15) is 24.3 Å². The molecule has 3 amide bonds. The van der Waals surface area contributed by atoms with Crippen LogP contribution in [-0.4, -0.2) is 84.0 Å². The molecular formula is C23H46N8O5S. The fourth-order valence-corrected chi connectivity index (χ4v) is 3.88. The van der Waals surface area contributed by atoms with Crippen molar-refractivity contribution in [1.82, 2.24) is 16.0 Å². The van der Waals surface area contributed by atoms with Crippen LogP contribution >= 0.6 is 11.8 Å². The summed E-state index contributed by atoms with van der Waals surface area (Å²) < 4.78 is 0. The molecule has 0 heterocycles. The third-order valence-corrected chi connectivity index (χ3v) is 6.55. The van der Waals surface area contributed by atoms with Crippen LogP contribution in [0.4, 0.5) is 0 Å². The van der Waals surface area contributed by atoms with E-state index >= 15 is 0 Å². The Balaban J connectivity index is 5.49. The largest absolute Gasteiger partial charge is 0.480 e. The van der Waals surface area contributed by atoms with Crippen molar-refractivity contribution in [3.8, 4) is 0 Å². The Bertz CT molecular complexity index is 751. The van der Waals surface area contributed by atoms with Gasteiger partial charge >= 0.3 is 5.97 Å². The number of carboxylic acid groups (broad SMARTS) is 1. The van der Waals surface area contributed by atoms with Crippen molar-refractivity contribution in [3.63, 3.8) is 0 Å². The quantitative estimate of drug-likeness (QED) is 0.0517. The van der Waals surface area contributed by atoms with Crippen LogP contribution in [0.15, 0.2) is 4.99 Å². The molecule has 0 rings (SSSR count). The zero-order chi connectivity index (χ0) is 28.4. The molecule has 14 heteroatoms.